The lowest BCUT2D eigenvalue weighted by molar-refractivity contribution is 0.192. The summed E-state index contributed by atoms with van der Waals surface area (Å²) in [6.07, 6.45) is 9.39. The highest BCUT2D eigenvalue weighted by Crippen LogP contribution is 2.39. The lowest BCUT2D eigenvalue weighted by Gasteiger charge is -2.26. The van der Waals surface area contributed by atoms with E-state index in [2.05, 4.69) is 25.1 Å². The standard InChI is InChI=1S/C20H33NO2/c1-3-4-5-6-7-12-23-18-10-11-19-16(13-18)8-9-17(19)14-20(2,21)15-22/h10-11,13,17,22H,3-9,12,14-15,21H2,1-2H3/t17-,20+/m0/s1. The van der Waals surface area contributed by atoms with Crippen molar-refractivity contribution in [2.24, 2.45) is 5.73 Å². The van der Waals surface area contributed by atoms with Gasteiger partial charge in [0.2, 0.25) is 0 Å². The zero-order valence-corrected chi connectivity index (χ0v) is 14.8. The van der Waals surface area contributed by atoms with Crippen molar-refractivity contribution >= 4 is 0 Å². The lowest BCUT2D eigenvalue weighted by Crippen LogP contribution is -2.41. The van der Waals surface area contributed by atoms with E-state index < -0.39 is 5.54 Å². The number of hydrogen-bond donors (Lipinski definition) is 2. The molecule has 0 fully saturated rings. The van der Waals surface area contributed by atoms with E-state index in [0.717, 1.165) is 38.0 Å². The number of aliphatic hydroxyl groups excluding tert-OH is 1. The van der Waals surface area contributed by atoms with Crippen molar-refractivity contribution in [1.29, 1.82) is 0 Å². The van der Waals surface area contributed by atoms with Crippen LogP contribution in [0, 0.1) is 0 Å². The van der Waals surface area contributed by atoms with Crippen molar-refractivity contribution in [3.63, 3.8) is 0 Å². The number of fused-ring (bicyclic) bond motifs is 1. The topological polar surface area (TPSA) is 55.5 Å². The highest BCUT2D eigenvalue weighted by molar-refractivity contribution is 5.41. The third-order valence-corrected chi connectivity index (χ3v) is 4.91. The van der Waals surface area contributed by atoms with Crippen LogP contribution < -0.4 is 10.5 Å². The molecular formula is C20H33NO2. The maximum Gasteiger partial charge on any atom is 0.119 e. The Hall–Kier alpha value is -1.06. The zero-order chi connectivity index (χ0) is 16.7. The van der Waals surface area contributed by atoms with E-state index in [1.807, 2.05) is 6.92 Å². The first kappa shape index (κ1) is 18.3. The Morgan fingerprint density at radius 3 is 2.78 bits per heavy atom. The molecule has 1 aromatic rings. The molecule has 1 aliphatic carbocycles. The second-order valence-electron chi connectivity index (χ2n) is 7.38. The van der Waals surface area contributed by atoms with E-state index in [1.165, 1.54) is 36.8 Å². The number of unbranched alkanes of at least 4 members (excludes halogenated alkanes) is 4. The minimum atomic E-state index is -0.486. The van der Waals surface area contributed by atoms with E-state index in [4.69, 9.17) is 10.5 Å². The molecule has 130 valence electrons. The molecule has 3 heteroatoms. The number of aliphatic hydroxyl groups is 1. The molecule has 0 heterocycles. The summed E-state index contributed by atoms with van der Waals surface area (Å²) in [6, 6.07) is 6.50. The van der Waals surface area contributed by atoms with Gasteiger partial charge in [-0.2, -0.15) is 0 Å². The van der Waals surface area contributed by atoms with Gasteiger partial charge >= 0.3 is 0 Å². The molecule has 0 unspecified atom stereocenters. The molecule has 0 saturated carbocycles. The van der Waals surface area contributed by atoms with Gasteiger partial charge in [-0.05, 0) is 61.8 Å². The Balaban J connectivity index is 1.84. The van der Waals surface area contributed by atoms with Crippen LogP contribution in [0.1, 0.15) is 75.8 Å². The number of aryl methyl sites for hydroxylation is 1. The summed E-state index contributed by atoms with van der Waals surface area (Å²) >= 11 is 0. The van der Waals surface area contributed by atoms with Crippen molar-refractivity contribution in [1.82, 2.24) is 0 Å². The predicted molar refractivity (Wildman–Crippen MR) is 96.1 cm³/mol. The molecule has 2 atom stereocenters. The Morgan fingerprint density at radius 2 is 2.04 bits per heavy atom. The summed E-state index contributed by atoms with van der Waals surface area (Å²) in [5.41, 5.74) is 8.43. The van der Waals surface area contributed by atoms with Gasteiger partial charge in [0.15, 0.2) is 0 Å². The summed E-state index contributed by atoms with van der Waals surface area (Å²) in [4.78, 5) is 0. The van der Waals surface area contributed by atoms with E-state index in [-0.39, 0.29) is 6.61 Å². The van der Waals surface area contributed by atoms with E-state index in [0.29, 0.717) is 5.92 Å². The SMILES string of the molecule is CCCCCCCOc1ccc2c(c1)CC[C@H]2C[C@@](C)(N)CO. The molecule has 0 saturated heterocycles. The Morgan fingerprint density at radius 1 is 1.26 bits per heavy atom. The molecule has 0 aliphatic heterocycles. The third-order valence-electron chi connectivity index (χ3n) is 4.91. The summed E-state index contributed by atoms with van der Waals surface area (Å²) in [5, 5.41) is 9.38. The van der Waals surface area contributed by atoms with Crippen molar-refractivity contribution in [2.75, 3.05) is 13.2 Å². The quantitative estimate of drug-likeness (QED) is 0.637. The number of hydrogen-bond acceptors (Lipinski definition) is 3. The van der Waals surface area contributed by atoms with Crippen LogP contribution in [0.15, 0.2) is 18.2 Å². The molecule has 1 aromatic carbocycles. The Labute approximate surface area is 141 Å². The van der Waals surface area contributed by atoms with Gasteiger partial charge in [0.1, 0.15) is 5.75 Å². The van der Waals surface area contributed by atoms with Crippen LogP contribution in [-0.2, 0) is 6.42 Å². The number of ether oxygens (including phenoxy) is 1. The van der Waals surface area contributed by atoms with Gasteiger partial charge in [-0.15, -0.1) is 0 Å². The Kier molecular flexibility index (Phi) is 6.91. The van der Waals surface area contributed by atoms with E-state index in [1.54, 1.807) is 0 Å². The van der Waals surface area contributed by atoms with Gasteiger partial charge in [-0.3, -0.25) is 0 Å². The lowest BCUT2D eigenvalue weighted by atomic mass is 9.87. The first-order chi connectivity index (χ1) is 11.1. The van der Waals surface area contributed by atoms with Gasteiger partial charge in [-0.1, -0.05) is 38.7 Å². The van der Waals surface area contributed by atoms with Crippen molar-refractivity contribution in [3.05, 3.63) is 29.3 Å². The highest BCUT2D eigenvalue weighted by atomic mass is 16.5. The molecular weight excluding hydrogens is 286 g/mol. The minimum Gasteiger partial charge on any atom is -0.494 e. The minimum absolute atomic E-state index is 0.0397. The molecule has 3 N–H and O–H groups in total. The fraction of sp³-hybridized carbons (Fsp3) is 0.700. The summed E-state index contributed by atoms with van der Waals surface area (Å²) in [7, 11) is 0. The van der Waals surface area contributed by atoms with Crippen LogP contribution in [0.2, 0.25) is 0 Å². The monoisotopic (exact) mass is 319 g/mol. The maximum atomic E-state index is 9.38. The van der Waals surface area contributed by atoms with E-state index in [9.17, 15) is 5.11 Å². The number of nitrogens with two attached hydrogens (primary N) is 1. The molecule has 23 heavy (non-hydrogen) atoms. The first-order valence-electron chi connectivity index (χ1n) is 9.21. The predicted octanol–water partition coefficient (Wildman–Crippen LogP) is 4.17. The molecule has 0 aromatic heterocycles. The van der Waals surface area contributed by atoms with Crippen LogP contribution >= 0.6 is 0 Å². The molecule has 3 nitrogen and oxygen atoms in total. The molecule has 0 spiro atoms. The van der Waals surface area contributed by atoms with Crippen LogP contribution in [0.5, 0.6) is 5.75 Å². The van der Waals surface area contributed by atoms with Gasteiger partial charge in [-0.25, -0.2) is 0 Å². The molecule has 1 aliphatic rings. The average molecular weight is 319 g/mol. The maximum absolute atomic E-state index is 9.38. The van der Waals surface area contributed by atoms with Crippen LogP contribution in [-0.4, -0.2) is 23.9 Å². The summed E-state index contributed by atoms with van der Waals surface area (Å²) < 4.78 is 5.90. The van der Waals surface area contributed by atoms with Gasteiger partial charge < -0.3 is 15.6 Å². The fourth-order valence-electron chi connectivity index (χ4n) is 3.51. The van der Waals surface area contributed by atoms with Crippen molar-refractivity contribution in [2.45, 2.75) is 76.7 Å². The molecule has 2 rings (SSSR count). The first-order valence-corrected chi connectivity index (χ1v) is 9.21. The second kappa shape index (κ2) is 8.70. The Bertz CT molecular complexity index is 485. The molecule has 0 amide bonds. The van der Waals surface area contributed by atoms with Crippen molar-refractivity contribution in [3.8, 4) is 5.75 Å². The second-order valence-corrected chi connectivity index (χ2v) is 7.38. The highest BCUT2D eigenvalue weighted by Gasteiger charge is 2.29. The zero-order valence-electron chi connectivity index (χ0n) is 14.8. The third kappa shape index (κ3) is 5.50. The average Bonchev–Trinajstić information content (AvgIpc) is 2.92. The molecule has 0 bridgehead atoms. The smallest absolute Gasteiger partial charge is 0.119 e. The van der Waals surface area contributed by atoms with Crippen molar-refractivity contribution < 1.29 is 9.84 Å². The van der Waals surface area contributed by atoms with Crippen LogP contribution in [0.3, 0.4) is 0 Å². The van der Waals surface area contributed by atoms with Gasteiger partial charge in [0.05, 0.1) is 13.2 Å². The normalized spacial score (nSPS) is 19.4. The number of rotatable bonds is 10. The van der Waals surface area contributed by atoms with Crippen LogP contribution in [0.4, 0.5) is 0 Å². The summed E-state index contributed by atoms with van der Waals surface area (Å²) in [5.74, 6) is 1.47. The number of benzene rings is 1. The van der Waals surface area contributed by atoms with E-state index >= 15 is 0 Å². The molecule has 0 radical (unpaired) electrons. The van der Waals surface area contributed by atoms with Crippen LogP contribution in [0.25, 0.3) is 0 Å². The fourth-order valence-corrected chi connectivity index (χ4v) is 3.51. The summed E-state index contributed by atoms with van der Waals surface area (Å²) in [6.45, 7) is 5.03. The van der Waals surface area contributed by atoms with Gasteiger partial charge in [0.25, 0.3) is 0 Å². The van der Waals surface area contributed by atoms with Gasteiger partial charge in [0, 0.05) is 5.54 Å². The largest absolute Gasteiger partial charge is 0.494 e.